The van der Waals surface area contributed by atoms with Crippen molar-refractivity contribution >= 4 is 11.6 Å². The number of hydrogen-bond donors (Lipinski definition) is 2. The molecule has 0 fully saturated rings. The van der Waals surface area contributed by atoms with Crippen LogP contribution in [-0.4, -0.2) is 15.2 Å². The molecule has 0 aliphatic carbocycles. The first-order valence-corrected chi connectivity index (χ1v) is 5.46. The smallest absolute Gasteiger partial charge is 0.141 e. The second-order valence-corrected chi connectivity index (χ2v) is 4.04. The number of H-pyrrole nitrogens is 1. The van der Waals surface area contributed by atoms with Crippen LogP contribution < -0.4 is 5.32 Å². The molecule has 0 aliphatic rings. The molecule has 5 heteroatoms. The van der Waals surface area contributed by atoms with Crippen LogP contribution in [0.1, 0.15) is 24.4 Å². The molecule has 2 rings (SSSR count). The average Bonchev–Trinajstić information content (AvgIpc) is 2.81. The minimum Gasteiger partial charge on any atom is -0.303 e. The highest BCUT2D eigenvalue weighted by molar-refractivity contribution is 6.30. The van der Waals surface area contributed by atoms with Crippen LogP contribution in [0.15, 0.2) is 30.6 Å². The van der Waals surface area contributed by atoms with Gasteiger partial charge in [0.2, 0.25) is 0 Å². The molecule has 2 N–H and O–H groups in total. The molecule has 1 aromatic heterocycles. The van der Waals surface area contributed by atoms with E-state index in [4.69, 9.17) is 11.6 Å². The van der Waals surface area contributed by atoms with Gasteiger partial charge >= 0.3 is 0 Å². The van der Waals surface area contributed by atoms with E-state index in [1.807, 2.05) is 31.2 Å². The first kappa shape index (κ1) is 11.1. The summed E-state index contributed by atoms with van der Waals surface area (Å²) in [7, 11) is 0. The van der Waals surface area contributed by atoms with Crippen LogP contribution in [0.4, 0.5) is 0 Å². The Morgan fingerprint density at radius 1 is 1.38 bits per heavy atom. The summed E-state index contributed by atoms with van der Waals surface area (Å²) in [6.07, 6.45) is 1.51. The molecule has 0 radical (unpaired) electrons. The molecule has 0 saturated heterocycles. The minimum absolute atomic E-state index is 0.151. The standard InChI is InChI=1S/C11H13ClN4/c1-8(11-14-7-15-16-11)13-6-9-2-4-10(12)5-3-9/h2-5,7-8,13H,6H2,1H3,(H,14,15,16). The topological polar surface area (TPSA) is 53.6 Å². The fraction of sp³-hybridized carbons (Fsp3) is 0.273. The molecule has 2 aromatic rings. The Hall–Kier alpha value is -1.39. The summed E-state index contributed by atoms with van der Waals surface area (Å²) in [5, 5.41) is 10.8. The van der Waals surface area contributed by atoms with Gasteiger partial charge in [0.1, 0.15) is 12.2 Å². The van der Waals surface area contributed by atoms with Gasteiger partial charge in [-0.05, 0) is 24.6 Å². The Kier molecular flexibility index (Phi) is 3.54. The predicted octanol–water partition coefficient (Wildman–Crippen LogP) is 2.31. The third-order valence-corrected chi connectivity index (χ3v) is 2.62. The number of aromatic nitrogens is 3. The summed E-state index contributed by atoms with van der Waals surface area (Å²) in [6, 6.07) is 7.93. The van der Waals surface area contributed by atoms with E-state index in [9.17, 15) is 0 Å². The lowest BCUT2D eigenvalue weighted by atomic mass is 10.2. The van der Waals surface area contributed by atoms with Crippen LogP contribution in [0.5, 0.6) is 0 Å². The van der Waals surface area contributed by atoms with Crippen molar-refractivity contribution in [1.82, 2.24) is 20.5 Å². The second kappa shape index (κ2) is 5.09. The molecular weight excluding hydrogens is 224 g/mol. The lowest BCUT2D eigenvalue weighted by molar-refractivity contribution is 0.548. The number of rotatable bonds is 4. The van der Waals surface area contributed by atoms with Gasteiger partial charge in [0.05, 0.1) is 6.04 Å². The van der Waals surface area contributed by atoms with Crippen molar-refractivity contribution in [2.75, 3.05) is 0 Å². The zero-order chi connectivity index (χ0) is 11.4. The van der Waals surface area contributed by atoms with E-state index >= 15 is 0 Å². The summed E-state index contributed by atoms with van der Waals surface area (Å²) >= 11 is 5.81. The molecule has 0 spiro atoms. The monoisotopic (exact) mass is 236 g/mol. The summed E-state index contributed by atoms with van der Waals surface area (Å²) in [4.78, 5) is 4.09. The third-order valence-electron chi connectivity index (χ3n) is 2.37. The van der Waals surface area contributed by atoms with Crippen LogP contribution in [-0.2, 0) is 6.54 Å². The normalized spacial score (nSPS) is 12.6. The number of nitrogens with one attached hydrogen (secondary N) is 2. The molecule has 84 valence electrons. The Bertz CT molecular complexity index is 424. The van der Waals surface area contributed by atoms with E-state index in [-0.39, 0.29) is 6.04 Å². The first-order valence-electron chi connectivity index (χ1n) is 5.09. The zero-order valence-electron chi connectivity index (χ0n) is 8.94. The first-order chi connectivity index (χ1) is 7.75. The largest absolute Gasteiger partial charge is 0.303 e. The maximum absolute atomic E-state index is 5.81. The lowest BCUT2D eigenvalue weighted by Crippen LogP contribution is -2.19. The van der Waals surface area contributed by atoms with E-state index in [0.717, 1.165) is 17.4 Å². The van der Waals surface area contributed by atoms with Crippen LogP contribution >= 0.6 is 11.6 Å². The van der Waals surface area contributed by atoms with Gasteiger partial charge in [0.15, 0.2) is 0 Å². The molecule has 0 saturated carbocycles. The molecule has 4 nitrogen and oxygen atoms in total. The fourth-order valence-electron chi connectivity index (χ4n) is 1.39. The van der Waals surface area contributed by atoms with E-state index < -0.39 is 0 Å². The Balaban J connectivity index is 1.90. The molecule has 1 aromatic carbocycles. The van der Waals surface area contributed by atoms with Crippen LogP contribution in [0.3, 0.4) is 0 Å². The highest BCUT2D eigenvalue weighted by Gasteiger charge is 2.06. The molecule has 1 unspecified atom stereocenters. The van der Waals surface area contributed by atoms with Gasteiger partial charge in [-0.15, -0.1) is 0 Å². The number of benzene rings is 1. The number of hydrogen-bond acceptors (Lipinski definition) is 3. The maximum atomic E-state index is 5.81. The molecule has 1 atom stereocenters. The van der Waals surface area contributed by atoms with Gasteiger partial charge in [0, 0.05) is 11.6 Å². The van der Waals surface area contributed by atoms with Gasteiger partial charge in [-0.25, -0.2) is 4.98 Å². The summed E-state index contributed by atoms with van der Waals surface area (Å²) < 4.78 is 0. The van der Waals surface area contributed by atoms with Crippen LogP contribution in [0.2, 0.25) is 5.02 Å². The van der Waals surface area contributed by atoms with Gasteiger partial charge < -0.3 is 5.32 Å². The van der Waals surface area contributed by atoms with E-state index in [0.29, 0.717) is 0 Å². The Morgan fingerprint density at radius 2 is 2.12 bits per heavy atom. The van der Waals surface area contributed by atoms with Gasteiger partial charge in [-0.3, -0.25) is 5.10 Å². The highest BCUT2D eigenvalue weighted by atomic mass is 35.5. The van der Waals surface area contributed by atoms with Crippen molar-refractivity contribution in [1.29, 1.82) is 0 Å². The minimum atomic E-state index is 0.151. The summed E-state index contributed by atoms with van der Waals surface area (Å²) in [5.41, 5.74) is 1.19. The number of nitrogens with zero attached hydrogens (tertiary/aromatic N) is 2. The summed E-state index contributed by atoms with van der Waals surface area (Å²) in [5.74, 6) is 0.842. The van der Waals surface area contributed by atoms with Crippen LogP contribution in [0.25, 0.3) is 0 Å². The zero-order valence-corrected chi connectivity index (χ0v) is 9.70. The van der Waals surface area contributed by atoms with E-state index in [1.54, 1.807) is 0 Å². The predicted molar refractivity (Wildman–Crippen MR) is 63.1 cm³/mol. The maximum Gasteiger partial charge on any atom is 0.141 e. The highest BCUT2D eigenvalue weighted by Crippen LogP contribution is 2.11. The summed E-state index contributed by atoms with van der Waals surface area (Å²) in [6.45, 7) is 2.81. The molecule has 0 amide bonds. The van der Waals surface area contributed by atoms with Crippen molar-refractivity contribution < 1.29 is 0 Å². The third kappa shape index (κ3) is 2.81. The molecule has 0 bridgehead atoms. The van der Waals surface area contributed by atoms with Crippen molar-refractivity contribution in [3.05, 3.63) is 47.0 Å². The van der Waals surface area contributed by atoms with Crippen molar-refractivity contribution in [2.45, 2.75) is 19.5 Å². The van der Waals surface area contributed by atoms with Crippen molar-refractivity contribution in [2.24, 2.45) is 0 Å². The molecule has 0 aliphatic heterocycles. The average molecular weight is 237 g/mol. The Morgan fingerprint density at radius 3 is 2.75 bits per heavy atom. The van der Waals surface area contributed by atoms with Crippen molar-refractivity contribution in [3.63, 3.8) is 0 Å². The molecule has 1 heterocycles. The quantitative estimate of drug-likeness (QED) is 0.857. The second-order valence-electron chi connectivity index (χ2n) is 3.60. The fourth-order valence-corrected chi connectivity index (χ4v) is 1.52. The molecular formula is C11H13ClN4. The molecule has 16 heavy (non-hydrogen) atoms. The van der Waals surface area contributed by atoms with Crippen molar-refractivity contribution in [3.8, 4) is 0 Å². The lowest BCUT2D eigenvalue weighted by Gasteiger charge is -2.10. The van der Waals surface area contributed by atoms with Gasteiger partial charge in [0.25, 0.3) is 0 Å². The number of halogens is 1. The SMILES string of the molecule is CC(NCc1ccc(Cl)cc1)c1ncn[nH]1. The van der Waals surface area contributed by atoms with E-state index in [2.05, 4.69) is 20.5 Å². The van der Waals surface area contributed by atoms with Crippen LogP contribution in [0, 0.1) is 0 Å². The van der Waals surface area contributed by atoms with Gasteiger partial charge in [-0.2, -0.15) is 5.10 Å². The number of aromatic amines is 1. The van der Waals surface area contributed by atoms with Gasteiger partial charge in [-0.1, -0.05) is 23.7 Å². The van der Waals surface area contributed by atoms with E-state index in [1.165, 1.54) is 11.9 Å². The Labute approximate surface area is 99.1 Å².